The van der Waals surface area contributed by atoms with Crippen molar-refractivity contribution in [1.82, 2.24) is 19.5 Å². The second-order valence-electron chi connectivity index (χ2n) is 4.73. The number of aromatic nitrogens is 4. The van der Waals surface area contributed by atoms with Crippen LogP contribution in [-0.4, -0.2) is 19.5 Å². The molecular weight excluding hydrogens is 264 g/mol. The lowest BCUT2D eigenvalue weighted by Crippen LogP contribution is -2.11. The van der Waals surface area contributed by atoms with Gasteiger partial charge in [0, 0.05) is 17.3 Å². The van der Waals surface area contributed by atoms with Gasteiger partial charge in [-0.3, -0.25) is 4.57 Å². The monoisotopic (exact) mass is 280 g/mol. The summed E-state index contributed by atoms with van der Waals surface area (Å²) in [5, 5.41) is 0. The van der Waals surface area contributed by atoms with Crippen molar-refractivity contribution in [1.29, 1.82) is 0 Å². The molecule has 0 amide bonds. The van der Waals surface area contributed by atoms with Crippen LogP contribution in [0.25, 0.3) is 17.2 Å². The molecular formula is C15H16N6. The summed E-state index contributed by atoms with van der Waals surface area (Å²) in [5.41, 5.74) is 5.53. The third kappa shape index (κ3) is 2.48. The summed E-state index contributed by atoms with van der Waals surface area (Å²) in [5.74, 6) is 7.43. The Bertz CT molecular complexity index is 763. The molecule has 1 aromatic carbocycles. The zero-order valence-electron chi connectivity index (χ0n) is 11.9. The number of rotatable bonds is 3. The van der Waals surface area contributed by atoms with Gasteiger partial charge in [-0.2, -0.15) is 0 Å². The van der Waals surface area contributed by atoms with Crippen LogP contribution in [0.4, 0.5) is 5.82 Å². The van der Waals surface area contributed by atoms with Gasteiger partial charge < -0.3 is 5.43 Å². The Morgan fingerprint density at radius 3 is 2.48 bits per heavy atom. The SMILES string of the molecule is Cc1ncn(-c2cc(NN)nc(-c3ccccc3)n2)c1C. The number of aryl methyl sites for hydroxylation is 1. The number of hydrogen-bond acceptors (Lipinski definition) is 5. The third-order valence-corrected chi connectivity index (χ3v) is 3.39. The fraction of sp³-hybridized carbons (Fsp3) is 0.133. The number of nitrogens with zero attached hydrogens (tertiary/aromatic N) is 4. The molecule has 0 aliphatic carbocycles. The molecule has 0 saturated carbocycles. The van der Waals surface area contributed by atoms with Crippen LogP contribution >= 0.6 is 0 Å². The molecule has 2 aromatic heterocycles. The van der Waals surface area contributed by atoms with E-state index in [9.17, 15) is 0 Å². The zero-order chi connectivity index (χ0) is 14.8. The van der Waals surface area contributed by atoms with Gasteiger partial charge in [0.2, 0.25) is 0 Å². The smallest absolute Gasteiger partial charge is 0.163 e. The molecule has 0 spiro atoms. The van der Waals surface area contributed by atoms with Crippen LogP contribution in [0.15, 0.2) is 42.7 Å². The predicted octanol–water partition coefficient (Wildman–Crippen LogP) is 2.23. The van der Waals surface area contributed by atoms with Crippen molar-refractivity contribution >= 4 is 5.82 Å². The molecule has 0 unspecified atom stereocenters. The standard InChI is InChI=1S/C15H16N6/c1-10-11(2)21(9-17-10)14-8-13(20-16)18-15(19-14)12-6-4-3-5-7-12/h3-9H,16H2,1-2H3,(H,18,19,20). The van der Waals surface area contributed by atoms with Crippen LogP contribution in [0.5, 0.6) is 0 Å². The average molecular weight is 280 g/mol. The summed E-state index contributed by atoms with van der Waals surface area (Å²) in [6.45, 7) is 3.97. The van der Waals surface area contributed by atoms with Crippen LogP contribution in [-0.2, 0) is 0 Å². The first kappa shape index (κ1) is 13.3. The van der Waals surface area contributed by atoms with Crippen molar-refractivity contribution in [2.45, 2.75) is 13.8 Å². The fourth-order valence-electron chi connectivity index (χ4n) is 2.08. The first-order chi connectivity index (χ1) is 10.2. The Morgan fingerprint density at radius 2 is 1.86 bits per heavy atom. The van der Waals surface area contributed by atoms with E-state index in [1.54, 1.807) is 12.4 Å². The zero-order valence-corrected chi connectivity index (χ0v) is 11.9. The topological polar surface area (TPSA) is 81.7 Å². The van der Waals surface area contributed by atoms with Crippen molar-refractivity contribution in [3.05, 3.63) is 54.1 Å². The van der Waals surface area contributed by atoms with Crippen molar-refractivity contribution < 1.29 is 0 Å². The number of imidazole rings is 1. The van der Waals surface area contributed by atoms with Crippen LogP contribution in [0.3, 0.4) is 0 Å². The Labute approximate surface area is 122 Å². The molecule has 0 fully saturated rings. The molecule has 0 saturated heterocycles. The number of hydrogen-bond donors (Lipinski definition) is 2. The van der Waals surface area contributed by atoms with E-state index >= 15 is 0 Å². The maximum absolute atomic E-state index is 5.52. The number of anilines is 1. The molecule has 3 rings (SSSR count). The van der Waals surface area contributed by atoms with Crippen molar-refractivity contribution in [3.8, 4) is 17.2 Å². The predicted molar refractivity (Wildman–Crippen MR) is 81.9 cm³/mol. The molecule has 0 atom stereocenters. The van der Waals surface area contributed by atoms with Gasteiger partial charge in [-0.05, 0) is 13.8 Å². The Morgan fingerprint density at radius 1 is 1.10 bits per heavy atom. The second-order valence-corrected chi connectivity index (χ2v) is 4.73. The van der Waals surface area contributed by atoms with Crippen molar-refractivity contribution in [2.24, 2.45) is 5.84 Å². The van der Waals surface area contributed by atoms with E-state index in [4.69, 9.17) is 5.84 Å². The van der Waals surface area contributed by atoms with E-state index in [2.05, 4.69) is 20.4 Å². The lowest BCUT2D eigenvalue weighted by atomic mass is 10.2. The molecule has 0 aliphatic rings. The van der Waals surface area contributed by atoms with Gasteiger partial charge in [0.15, 0.2) is 5.82 Å². The number of nitrogens with one attached hydrogen (secondary N) is 1. The van der Waals surface area contributed by atoms with Crippen LogP contribution in [0.1, 0.15) is 11.4 Å². The first-order valence-corrected chi connectivity index (χ1v) is 6.61. The second kappa shape index (κ2) is 5.34. The Balaban J connectivity index is 2.16. The highest BCUT2D eigenvalue weighted by atomic mass is 15.3. The highest BCUT2D eigenvalue weighted by molar-refractivity contribution is 5.59. The molecule has 21 heavy (non-hydrogen) atoms. The molecule has 3 aromatic rings. The first-order valence-electron chi connectivity index (χ1n) is 6.61. The van der Waals surface area contributed by atoms with Crippen LogP contribution in [0, 0.1) is 13.8 Å². The fourth-order valence-corrected chi connectivity index (χ4v) is 2.08. The summed E-state index contributed by atoms with van der Waals surface area (Å²) in [7, 11) is 0. The summed E-state index contributed by atoms with van der Waals surface area (Å²) in [6, 6.07) is 11.6. The van der Waals surface area contributed by atoms with Crippen molar-refractivity contribution in [3.63, 3.8) is 0 Å². The minimum absolute atomic E-state index is 0.560. The number of nitrogen functional groups attached to an aromatic ring is 1. The van der Waals surface area contributed by atoms with Gasteiger partial charge in [-0.15, -0.1) is 0 Å². The number of benzene rings is 1. The van der Waals surface area contributed by atoms with Gasteiger partial charge in [0.25, 0.3) is 0 Å². The maximum atomic E-state index is 5.52. The van der Waals surface area contributed by atoms with E-state index in [1.807, 2.05) is 48.7 Å². The van der Waals surface area contributed by atoms with E-state index in [0.717, 1.165) is 22.8 Å². The summed E-state index contributed by atoms with van der Waals surface area (Å²) in [6.07, 6.45) is 1.75. The molecule has 2 heterocycles. The Hall–Kier alpha value is -2.73. The van der Waals surface area contributed by atoms with Crippen LogP contribution < -0.4 is 11.3 Å². The van der Waals surface area contributed by atoms with Gasteiger partial charge in [0.1, 0.15) is 18.0 Å². The highest BCUT2D eigenvalue weighted by Gasteiger charge is 2.10. The molecule has 106 valence electrons. The molecule has 0 bridgehead atoms. The average Bonchev–Trinajstić information content (AvgIpc) is 2.87. The molecule has 3 N–H and O–H groups in total. The molecule has 6 heteroatoms. The van der Waals surface area contributed by atoms with Gasteiger partial charge in [0.05, 0.1) is 5.69 Å². The molecule has 0 aliphatic heterocycles. The van der Waals surface area contributed by atoms with E-state index in [-0.39, 0.29) is 0 Å². The highest BCUT2D eigenvalue weighted by Crippen LogP contribution is 2.20. The Kier molecular flexibility index (Phi) is 3.37. The van der Waals surface area contributed by atoms with Crippen molar-refractivity contribution in [2.75, 3.05) is 5.43 Å². The largest absolute Gasteiger partial charge is 0.308 e. The van der Waals surface area contributed by atoms with Gasteiger partial charge in [-0.25, -0.2) is 20.8 Å². The summed E-state index contributed by atoms with van der Waals surface area (Å²) < 4.78 is 1.92. The maximum Gasteiger partial charge on any atom is 0.163 e. The van der Waals surface area contributed by atoms with Gasteiger partial charge in [-0.1, -0.05) is 30.3 Å². The number of nitrogens with two attached hydrogens (primary N) is 1. The van der Waals surface area contributed by atoms with E-state index in [0.29, 0.717) is 11.6 Å². The van der Waals surface area contributed by atoms with Crippen LogP contribution in [0.2, 0.25) is 0 Å². The quantitative estimate of drug-likeness (QED) is 0.568. The summed E-state index contributed by atoms with van der Waals surface area (Å²) >= 11 is 0. The lowest BCUT2D eigenvalue weighted by molar-refractivity contribution is 0.938. The molecule has 0 radical (unpaired) electrons. The van der Waals surface area contributed by atoms with E-state index < -0.39 is 0 Å². The lowest BCUT2D eigenvalue weighted by Gasteiger charge is -2.09. The van der Waals surface area contributed by atoms with Gasteiger partial charge >= 0.3 is 0 Å². The minimum atomic E-state index is 0.560. The minimum Gasteiger partial charge on any atom is -0.308 e. The summed E-state index contributed by atoms with van der Waals surface area (Å²) in [4.78, 5) is 13.3. The third-order valence-electron chi connectivity index (χ3n) is 3.39. The van der Waals surface area contributed by atoms with E-state index in [1.165, 1.54) is 0 Å². The number of hydrazine groups is 1. The normalized spacial score (nSPS) is 10.6. The molecule has 6 nitrogen and oxygen atoms in total.